The van der Waals surface area contributed by atoms with E-state index >= 15 is 0 Å². The zero-order valence-corrected chi connectivity index (χ0v) is 13.1. The van der Waals surface area contributed by atoms with Crippen LogP contribution in [0.2, 0.25) is 0 Å². The zero-order valence-electron chi connectivity index (χ0n) is 12.3. The van der Waals surface area contributed by atoms with Crippen molar-refractivity contribution in [3.8, 4) is 0 Å². The van der Waals surface area contributed by atoms with Crippen LogP contribution in [0, 0.1) is 5.41 Å². The highest BCUT2D eigenvalue weighted by molar-refractivity contribution is 7.99. The summed E-state index contributed by atoms with van der Waals surface area (Å²) in [6.45, 7) is 6.57. The molecule has 0 saturated carbocycles. The van der Waals surface area contributed by atoms with E-state index < -0.39 is 0 Å². The summed E-state index contributed by atoms with van der Waals surface area (Å²) < 4.78 is 4.63. The number of ether oxygens (including phenoxy) is 1. The predicted octanol–water partition coefficient (Wildman–Crippen LogP) is 2.37. The maximum absolute atomic E-state index is 11.2. The number of carbonyl (C=O) groups is 1. The number of rotatable bonds is 4. The summed E-state index contributed by atoms with van der Waals surface area (Å²) >= 11 is 1.36. The lowest BCUT2D eigenvalue weighted by Crippen LogP contribution is -2.40. The second kappa shape index (κ2) is 6.43. The quantitative estimate of drug-likeness (QED) is 0.628. The molecule has 0 atom stereocenters. The van der Waals surface area contributed by atoms with Crippen LogP contribution < -0.4 is 4.90 Å². The summed E-state index contributed by atoms with van der Waals surface area (Å²) in [5, 5.41) is 0.760. The lowest BCUT2D eigenvalue weighted by Gasteiger charge is -2.38. The summed E-state index contributed by atoms with van der Waals surface area (Å²) in [6, 6.07) is 0. The molecule has 2 heterocycles. The predicted molar refractivity (Wildman–Crippen MR) is 80.0 cm³/mol. The Kier molecular flexibility index (Phi) is 4.86. The molecule has 1 aliphatic heterocycles. The van der Waals surface area contributed by atoms with Gasteiger partial charge in [-0.2, -0.15) is 0 Å². The highest BCUT2D eigenvalue weighted by Crippen LogP contribution is 2.31. The highest BCUT2D eigenvalue weighted by Gasteiger charge is 2.27. The van der Waals surface area contributed by atoms with Crippen LogP contribution in [0.15, 0.2) is 17.4 Å². The van der Waals surface area contributed by atoms with Gasteiger partial charge < -0.3 is 9.64 Å². The van der Waals surface area contributed by atoms with Gasteiger partial charge in [0.2, 0.25) is 0 Å². The maximum atomic E-state index is 11.2. The summed E-state index contributed by atoms with van der Waals surface area (Å²) in [7, 11) is 1.39. The van der Waals surface area contributed by atoms with Gasteiger partial charge in [-0.15, -0.1) is 0 Å². The monoisotopic (exact) mass is 295 g/mol. The van der Waals surface area contributed by atoms with Gasteiger partial charge in [0.15, 0.2) is 0 Å². The zero-order chi connectivity index (χ0) is 14.6. The lowest BCUT2D eigenvalue weighted by molar-refractivity contribution is -0.137. The second-order valence-corrected chi connectivity index (χ2v) is 6.77. The van der Waals surface area contributed by atoms with E-state index in [9.17, 15) is 4.79 Å². The Morgan fingerprint density at radius 2 is 2.30 bits per heavy atom. The van der Waals surface area contributed by atoms with Crippen molar-refractivity contribution in [3.05, 3.63) is 12.4 Å². The Hall–Kier alpha value is -1.30. The van der Waals surface area contributed by atoms with E-state index in [2.05, 4.69) is 33.5 Å². The van der Waals surface area contributed by atoms with E-state index in [1.165, 1.54) is 31.7 Å². The van der Waals surface area contributed by atoms with Gasteiger partial charge in [-0.3, -0.25) is 9.78 Å². The van der Waals surface area contributed by atoms with E-state index in [0.717, 1.165) is 23.9 Å². The van der Waals surface area contributed by atoms with Crippen LogP contribution in [0.3, 0.4) is 0 Å². The van der Waals surface area contributed by atoms with E-state index in [4.69, 9.17) is 0 Å². The molecule has 0 amide bonds. The van der Waals surface area contributed by atoms with Crippen molar-refractivity contribution in [2.45, 2.75) is 31.7 Å². The molecule has 2 rings (SSSR count). The van der Waals surface area contributed by atoms with E-state index in [1.807, 2.05) is 0 Å². The fraction of sp³-hybridized carbons (Fsp3) is 0.643. The van der Waals surface area contributed by atoms with Crippen molar-refractivity contribution in [1.82, 2.24) is 9.97 Å². The maximum Gasteiger partial charge on any atom is 0.316 e. The van der Waals surface area contributed by atoms with Gasteiger partial charge >= 0.3 is 5.97 Å². The molecule has 0 aromatic carbocycles. The SMILES string of the molecule is COC(=O)CSc1cncc(N2CCCC(C)(C)C2)n1. The molecule has 1 aromatic heterocycles. The minimum atomic E-state index is -0.249. The average molecular weight is 295 g/mol. The van der Waals surface area contributed by atoms with E-state index in [-0.39, 0.29) is 11.7 Å². The Bertz CT molecular complexity index is 479. The molecule has 1 fully saturated rings. The van der Waals surface area contributed by atoms with Crippen LogP contribution in [-0.4, -0.2) is 41.9 Å². The summed E-state index contributed by atoms with van der Waals surface area (Å²) in [4.78, 5) is 22.3. The van der Waals surface area contributed by atoms with Crippen molar-refractivity contribution < 1.29 is 9.53 Å². The Morgan fingerprint density at radius 1 is 1.50 bits per heavy atom. The van der Waals surface area contributed by atoms with Gasteiger partial charge in [0.1, 0.15) is 10.8 Å². The van der Waals surface area contributed by atoms with Crippen LogP contribution in [-0.2, 0) is 9.53 Å². The number of piperidine rings is 1. The minimum Gasteiger partial charge on any atom is -0.468 e. The molecule has 1 aromatic rings. The first-order valence-electron chi connectivity index (χ1n) is 6.77. The summed E-state index contributed by atoms with van der Waals surface area (Å²) in [5.74, 6) is 0.911. The fourth-order valence-corrected chi connectivity index (χ4v) is 3.05. The normalized spacial score (nSPS) is 17.9. The standard InChI is InChI=1S/C14H21N3O2S/c1-14(2)5-4-6-17(10-14)11-7-15-8-12(16-11)20-9-13(18)19-3/h7-8H,4-6,9-10H2,1-3H3. The molecule has 0 aliphatic carbocycles. The molecule has 0 N–H and O–H groups in total. The second-order valence-electron chi connectivity index (χ2n) is 5.77. The molecule has 6 heteroatoms. The molecular formula is C14H21N3O2S. The molecule has 5 nitrogen and oxygen atoms in total. The Balaban J connectivity index is 2.03. The van der Waals surface area contributed by atoms with Gasteiger partial charge in [0.05, 0.1) is 25.3 Å². The first kappa shape index (κ1) is 15.1. The third-order valence-electron chi connectivity index (χ3n) is 3.39. The van der Waals surface area contributed by atoms with Crippen LogP contribution in [0.1, 0.15) is 26.7 Å². The van der Waals surface area contributed by atoms with Gasteiger partial charge in [0, 0.05) is 13.1 Å². The number of anilines is 1. The van der Waals surface area contributed by atoms with Crippen molar-refractivity contribution in [2.75, 3.05) is 30.9 Å². The van der Waals surface area contributed by atoms with Crippen LogP contribution in [0.5, 0.6) is 0 Å². The number of thioether (sulfide) groups is 1. The number of hydrogen-bond acceptors (Lipinski definition) is 6. The highest BCUT2D eigenvalue weighted by atomic mass is 32.2. The molecule has 1 aliphatic rings. The molecule has 0 spiro atoms. The van der Waals surface area contributed by atoms with Gasteiger partial charge in [-0.1, -0.05) is 25.6 Å². The third kappa shape index (κ3) is 4.10. The first-order valence-corrected chi connectivity index (χ1v) is 7.75. The smallest absolute Gasteiger partial charge is 0.316 e. The number of nitrogens with zero attached hydrogens (tertiary/aromatic N) is 3. The number of aromatic nitrogens is 2. The third-order valence-corrected chi connectivity index (χ3v) is 4.26. The molecule has 110 valence electrons. The first-order chi connectivity index (χ1) is 9.50. The number of methoxy groups -OCH3 is 1. The Labute approximate surface area is 124 Å². The van der Waals surface area contributed by atoms with Crippen molar-refractivity contribution in [1.29, 1.82) is 0 Å². The van der Waals surface area contributed by atoms with Crippen molar-refractivity contribution in [2.24, 2.45) is 5.41 Å². The fourth-order valence-electron chi connectivity index (χ4n) is 2.37. The minimum absolute atomic E-state index is 0.249. The van der Waals surface area contributed by atoms with E-state index in [0.29, 0.717) is 5.41 Å². The molecular weight excluding hydrogens is 274 g/mol. The average Bonchev–Trinajstić information content (AvgIpc) is 2.44. The Morgan fingerprint density at radius 3 is 3.00 bits per heavy atom. The molecule has 20 heavy (non-hydrogen) atoms. The van der Waals surface area contributed by atoms with E-state index in [1.54, 1.807) is 12.4 Å². The molecule has 1 saturated heterocycles. The topological polar surface area (TPSA) is 55.3 Å². The lowest BCUT2D eigenvalue weighted by atomic mass is 9.84. The number of carbonyl (C=O) groups excluding carboxylic acids is 1. The van der Waals surface area contributed by atoms with Gasteiger partial charge in [-0.25, -0.2) is 4.98 Å². The largest absolute Gasteiger partial charge is 0.468 e. The number of hydrogen-bond donors (Lipinski definition) is 0. The molecule has 0 bridgehead atoms. The van der Waals surface area contributed by atoms with Crippen molar-refractivity contribution in [3.63, 3.8) is 0 Å². The molecule has 0 unspecified atom stereocenters. The summed E-state index contributed by atoms with van der Waals surface area (Å²) in [5.41, 5.74) is 0.315. The van der Waals surface area contributed by atoms with Crippen molar-refractivity contribution >= 4 is 23.5 Å². The van der Waals surface area contributed by atoms with Gasteiger partial charge in [-0.05, 0) is 18.3 Å². The molecule has 0 radical (unpaired) electrons. The van der Waals surface area contributed by atoms with Crippen LogP contribution >= 0.6 is 11.8 Å². The number of esters is 1. The van der Waals surface area contributed by atoms with Gasteiger partial charge in [0.25, 0.3) is 0 Å². The van der Waals surface area contributed by atoms with Crippen LogP contribution in [0.25, 0.3) is 0 Å². The summed E-state index contributed by atoms with van der Waals surface area (Å²) in [6.07, 6.45) is 5.90. The van der Waals surface area contributed by atoms with Crippen LogP contribution in [0.4, 0.5) is 5.82 Å².